The molecule has 1 atom stereocenters. The smallest absolute Gasteiger partial charge is 0.224 e. The predicted molar refractivity (Wildman–Crippen MR) is 59.2 cm³/mol. The second kappa shape index (κ2) is 4.06. The molecule has 0 spiro atoms. The van der Waals surface area contributed by atoms with Gasteiger partial charge in [-0.2, -0.15) is 5.26 Å². The summed E-state index contributed by atoms with van der Waals surface area (Å²) in [6.45, 7) is 3.68. The Kier molecular flexibility index (Phi) is 3.29. The Morgan fingerprint density at radius 3 is 2.50 bits per heavy atom. The van der Waals surface area contributed by atoms with Crippen LogP contribution in [0.15, 0.2) is 0 Å². The number of rotatable bonds is 3. The van der Waals surface area contributed by atoms with Gasteiger partial charge in [0, 0.05) is 25.8 Å². The number of hydrogen-bond donors (Lipinski definition) is 0. The number of carbonyl (C=O) groups is 1. The molecule has 0 aromatic rings. The van der Waals surface area contributed by atoms with Crippen LogP contribution in [0.5, 0.6) is 0 Å². The molecule has 0 aliphatic carbocycles. The van der Waals surface area contributed by atoms with Crippen molar-refractivity contribution in [2.24, 2.45) is 5.92 Å². The fourth-order valence-electron chi connectivity index (χ4n) is 1.59. The first-order valence-corrected chi connectivity index (χ1v) is 6.93. The summed E-state index contributed by atoms with van der Waals surface area (Å²) in [4.78, 5) is 13.0. The Morgan fingerprint density at radius 1 is 1.56 bits per heavy atom. The average molecular weight is 244 g/mol. The predicted octanol–water partition coefficient (Wildman–Crippen LogP) is 0.182. The van der Waals surface area contributed by atoms with E-state index in [9.17, 15) is 13.2 Å². The molecule has 1 aliphatic rings. The number of nitrogens with zero attached hydrogens (tertiary/aromatic N) is 2. The van der Waals surface area contributed by atoms with Crippen molar-refractivity contribution in [3.8, 4) is 6.07 Å². The zero-order valence-electron chi connectivity index (χ0n) is 9.73. The number of nitriles is 1. The fourth-order valence-corrected chi connectivity index (χ4v) is 1.98. The zero-order valence-corrected chi connectivity index (χ0v) is 10.5. The number of hydrogen-bond acceptors (Lipinski definition) is 4. The largest absolute Gasteiger partial charge is 0.340 e. The SMILES string of the molecule is CC(C)(CN1CC(C#N)CC1=O)S(C)(=O)=O. The minimum Gasteiger partial charge on any atom is -0.340 e. The normalized spacial score (nSPS) is 22.2. The van der Waals surface area contributed by atoms with Crippen LogP contribution in [0.2, 0.25) is 0 Å². The Hall–Kier alpha value is -1.09. The molecule has 0 radical (unpaired) electrons. The van der Waals surface area contributed by atoms with Crippen LogP contribution in [0.25, 0.3) is 0 Å². The maximum atomic E-state index is 11.5. The van der Waals surface area contributed by atoms with Gasteiger partial charge in [-0.25, -0.2) is 8.42 Å². The molecule has 0 aromatic carbocycles. The zero-order chi connectivity index (χ0) is 12.6. The molecule has 0 saturated carbocycles. The summed E-state index contributed by atoms with van der Waals surface area (Å²) in [5.74, 6) is -0.439. The summed E-state index contributed by atoms with van der Waals surface area (Å²) in [6.07, 6.45) is 1.37. The highest BCUT2D eigenvalue weighted by Gasteiger charge is 2.38. The number of carbonyl (C=O) groups excluding carboxylic acids is 1. The standard InChI is InChI=1S/C10H16N2O3S/c1-10(2,16(3,14)15)7-12-6-8(5-11)4-9(12)13/h8H,4,6-7H2,1-3H3. The van der Waals surface area contributed by atoms with Crippen LogP contribution < -0.4 is 0 Å². The molecule has 1 heterocycles. The van der Waals surface area contributed by atoms with Crippen LogP contribution in [0.4, 0.5) is 0 Å². The third-order valence-corrected chi connectivity index (χ3v) is 5.11. The quantitative estimate of drug-likeness (QED) is 0.709. The molecule has 1 unspecified atom stereocenters. The Bertz CT molecular complexity index is 433. The Balaban J connectivity index is 2.77. The lowest BCUT2D eigenvalue weighted by Crippen LogP contribution is -2.44. The first-order valence-electron chi connectivity index (χ1n) is 5.04. The van der Waals surface area contributed by atoms with Gasteiger partial charge in [0.15, 0.2) is 9.84 Å². The van der Waals surface area contributed by atoms with Crippen molar-refractivity contribution in [1.29, 1.82) is 5.26 Å². The summed E-state index contributed by atoms with van der Waals surface area (Å²) in [6, 6.07) is 2.04. The Morgan fingerprint density at radius 2 is 2.12 bits per heavy atom. The second-order valence-electron chi connectivity index (χ2n) is 4.84. The first-order chi connectivity index (χ1) is 7.17. The van der Waals surface area contributed by atoms with Crippen molar-refractivity contribution in [3.05, 3.63) is 0 Å². The molecule has 6 heteroatoms. The van der Waals surface area contributed by atoms with Crippen LogP contribution in [0.1, 0.15) is 20.3 Å². The lowest BCUT2D eigenvalue weighted by Gasteiger charge is -2.28. The topological polar surface area (TPSA) is 78.2 Å². The molecule has 16 heavy (non-hydrogen) atoms. The summed E-state index contributed by atoms with van der Waals surface area (Å²) in [7, 11) is -3.21. The monoisotopic (exact) mass is 244 g/mol. The van der Waals surface area contributed by atoms with Crippen LogP contribution >= 0.6 is 0 Å². The number of sulfone groups is 1. The average Bonchev–Trinajstić information content (AvgIpc) is 2.44. The lowest BCUT2D eigenvalue weighted by molar-refractivity contribution is -0.128. The van der Waals surface area contributed by atoms with Gasteiger partial charge in [-0.1, -0.05) is 0 Å². The molecule has 0 N–H and O–H groups in total. The highest BCUT2D eigenvalue weighted by atomic mass is 32.2. The molecule has 1 aliphatic heterocycles. The van der Waals surface area contributed by atoms with Gasteiger partial charge in [0.1, 0.15) is 0 Å². The van der Waals surface area contributed by atoms with Crippen LogP contribution in [-0.4, -0.2) is 43.3 Å². The molecule has 90 valence electrons. The van der Waals surface area contributed by atoms with Gasteiger partial charge in [0.05, 0.1) is 16.7 Å². The van der Waals surface area contributed by atoms with E-state index in [1.54, 1.807) is 13.8 Å². The molecule has 0 bridgehead atoms. The van der Waals surface area contributed by atoms with Crippen molar-refractivity contribution in [1.82, 2.24) is 4.90 Å². The number of amides is 1. The van der Waals surface area contributed by atoms with E-state index in [1.165, 1.54) is 4.90 Å². The van der Waals surface area contributed by atoms with Crippen molar-refractivity contribution in [3.63, 3.8) is 0 Å². The summed E-state index contributed by atoms with van der Waals surface area (Å²) in [5.41, 5.74) is 0. The molecule has 1 rings (SSSR count). The fraction of sp³-hybridized carbons (Fsp3) is 0.800. The van der Waals surface area contributed by atoms with E-state index in [0.29, 0.717) is 6.54 Å². The maximum Gasteiger partial charge on any atom is 0.224 e. The van der Waals surface area contributed by atoms with Gasteiger partial charge >= 0.3 is 0 Å². The van der Waals surface area contributed by atoms with E-state index in [2.05, 4.69) is 0 Å². The molecular weight excluding hydrogens is 228 g/mol. The van der Waals surface area contributed by atoms with Crippen molar-refractivity contribution < 1.29 is 13.2 Å². The minimum absolute atomic E-state index is 0.136. The van der Waals surface area contributed by atoms with E-state index < -0.39 is 14.6 Å². The minimum atomic E-state index is -3.21. The summed E-state index contributed by atoms with van der Waals surface area (Å²) >= 11 is 0. The van der Waals surface area contributed by atoms with Crippen LogP contribution in [0, 0.1) is 17.2 Å². The highest BCUT2D eigenvalue weighted by molar-refractivity contribution is 7.92. The third-order valence-electron chi connectivity index (χ3n) is 2.97. The maximum absolute atomic E-state index is 11.5. The Labute approximate surface area is 96.0 Å². The van der Waals surface area contributed by atoms with Gasteiger partial charge in [0.2, 0.25) is 5.91 Å². The van der Waals surface area contributed by atoms with Crippen molar-refractivity contribution in [2.75, 3.05) is 19.3 Å². The van der Waals surface area contributed by atoms with Crippen molar-refractivity contribution in [2.45, 2.75) is 25.0 Å². The summed E-state index contributed by atoms with van der Waals surface area (Å²) in [5, 5.41) is 8.71. The van der Waals surface area contributed by atoms with E-state index in [0.717, 1.165) is 6.26 Å². The van der Waals surface area contributed by atoms with E-state index in [1.807, 2.05) is 6.07 Å². The third kappa shape index (κ3) is 2.53. The lowest BCUT2D eigenvalue weighted by atomic mass is 10.1. The molecule has 1 fully saturated rings. The van der Waals surface area contributed by atoms with Crippen molar-refractivity contribution >= 4 is 15.7 Å². The van der Waals surface area contributed by atoms with Gasteiger partial charge in [-0.05, 0) is 13.8 Å². The van der Waals surface area contributed by atoms with Gasteiger partial charge < -0.3 is 4.90 Å². The highest BCUT2D eigenvalue weighted by Crippen LogP contribution is 2.23. The molecule has 1 amide bonds. The van der Waals surface area contributed by atoms with Gasteiger partial charge in [-0.15, -0.1) is 0 Å². The van der Waals surface area contributed by atoms with Crippen LogP contribution in [-0.2, 0) is 14.6 Å². The molecule has 1 saturated heterocycles. The molecular formula is C10H16N2O3S. The molecule has 0 aromatic heterocycles. The van der Waals surface area contributed by atoms with E-state index in [-0.39, 0.29) is 24.8 Å². The van der Waals surface area contributed by atoms with Crippen LogP contribution in [0.3, 0.4) is 0 Å². The van der Waals surface area contributed by atoms with Gasteiger partial charge in [-0.3, -0.25) is 4.79 Å². The first kappa shape index (κ1) is 13.0. The molecule has 5 nitrogen and oxygen atoms in total. The number of likely N-dealkylation sites (tertiary alicyclic amines) is 1. The van der Waals surface area contributed by atoms with Gasteiger partial charge in [0.25, 0.3) is 0 Å². The summed E-state index contributed by atoms with van der Waals surface area (Å²) < 4.78 is 22.0. The van der Waals surface area contributed by atoms with E-state index in [4.69, 9.17) is 5.26 Å². The van der Waals surface area contributed by atoms with E-state index >= 15 is 0 Å². The second-order valence-corrected chi connectivity index (χ2v) is 7.49.